The molecule has 0 spiro atoms. The summed E-state index contributed by atoms with van der Waals surface area (Å²) in [6, 6.07) is 7.71. The van der Waals surface area contributed by atoms with Crippen molar-refractivity contribution in [2.24, 2.45) is 0 Å². The Morgan fingerprint density at radius 2 is 1.91 bits per heavy atom. The van der Waals surface area contributed by atoms with Crippen molar-refractivity contribution in [2.45, 2.75) is 4.90 Å². The standard InChI is InChI=1S/C7H8ClNOS/c1-11(9-10-11)7-4-2-6(8)3-5-7/h2-5,9H,1H3. The highest BCUT2D eigenvalue weighted by atomic mass is 35.5. The van der Waals surface area contributed by atoms with E-state index in [1.54, 1.807) is 0 Å². The first-order valence-electron chi connectivity index (χ1n) is 3.20. The van der Waals surface area contributed by atoms with Crippen molar-refractivity contribution in [2.75, 3.05) is 6.26 Å². The van der Waals surface area contributed by atoms with Crippen LogP contribution in [-0.4, -0.2) is 6.26 Å². The number of benzene rings is 1. The Morgan fingerprint density at radius 1 is 1.36 bits per heavy atom. The topological polar surface area (TPSA) is 34.5 Å². The predicted molar refractivity (Wildman–Crippen MR) is 47.5 cm³/mol. The Hall–Kier alpha value is -0.220. The first-order valence-corrected chi connectivity index (χ1v) is 5.54. The molecule has 2 nitrogen and oxygen atoms in total. The zero-order chi connectivity index (χ0) is 7.90. The molecule has 0 radical (unpaired) electrons. The summed E-state index contributed by atoms with van der Waals surface area (Å²) in [5.41, 5.74) is 0. The van der Waals surface area contributed by atoms with E-state index in [0.29, 0.717) is 0 Å². The molecule has 1 aromatic carbocycles. The van der Waals surface area contributed by atoms with E-state index < -0.39 is 10.5 Å². The first-order chi connectivity index (χ1) is 5.21. The van der Waals surface area contributed by atoms with E-state index >= 15 is 0 Å². The largest absolute Gasteiger partial charge is 0.222 e. The number of hydrogen-bond acceptors (Lipinski definition) is 2. The summed E-state index contributed by atoms with van der Waals surface area (Å²) < 4.78 is 5.11. The van der Waals surface area contributed by atoms with Crippen LogP contribution in [0.25, 0.3) is 0 Å². The third-order valence-corrected chi connectivity index (χ3v) is 3.69. The van der Waals surface area contributed by atoms with Crippen LogP contribution < -0.4 is 4.89 Å². The molecule has 11 heavy (non-hydrogen) atoms. The molecule has 1 aromatic rings. The van der Waals surface area contributed by atoms with Crippen molar-refractivity contribution in [3.63, 3.8) is 0 Å². The normalized spacial score (nSPS) is 34.4. The van der Waals surface area contributed by atoms with Gasteiger partial charge >= 0.3 is 0 Å². The smallest absolute Gasteiger partial charge is 0.0406 e. The summed E-state index contributed by atoms with van der Waals surface area (Å²) >= 11 is 5.73. The fraction of sp³-hybridized carbons (Fsp3) is 0.143. The summed E-state index contributed by atoms with van der Waals surface area (Å²) in [6.45, 7) is 0. The summed E-state index contributed by atoms with van der Waals surface area (Å²) in [5, 5.41) is 0.761. The first kappa shape index (κ1) is 7.43. The van der Waals surface area contributed by atoms with Crippen LogP contribution in [-0.2, 0) is 4.28 Å². The van der Waals surface area contributed by atoms with E-state index in [0.717, 1.165) is 5.02 Å². The number of nitrogens with one attached hydrogen (secondary N) is 1. The Labute approximate surface area is 72.1 Å². The number of halogens is 1. The molecule has 1 fully saturated rings. The molecule has 1 aliphatic rings. The van der Waals surface area contributed by atoms with Crippen LogP contribution in [0, 0.1) is 0 Å². The van der Waals surface area contributed by atoms with Gasteiger partial charge in [0.05, 0.1) is 0 Å². The van der Waals surface area contributed by atoms with Crippen LogP contribution in [0.2, 0.25) is 5.02 Å². The van der Waals surface area contributed by atoms with E-state index in [1.807, 2.05) is 24.3 Å². The van der Waals surface area contributed by atoms with E-state index in [4.69, 9.17) is 15.9 Å². The van der Waals surface area contributed by atoms with Gasteiger partial charge in [-0.05, 0) is 34.8 Å². The van der Waals surface area contributed by atoms with Gasteiger partial charge in [0, 0.05) is 16.2 Å². The molecule has 0 aliphatic carbocycles. The Kier molecular flexibility index (Phi) is 1.61. The summed E-state index contributed by atoms with van der Waals surface area (Å²) in [5.74, 6) is 0. The van der Waals surface area contributed by atoms with Gasteiger partial charge in [-0.3, -0.25) is 0 Å². The molecule has 4 heteroatoms. The summed E-state index contributed by atoms with van der Waals surface area (Å²) in [6.07, 6.45) is 2.05. The molecule has 60 valence electrons. The van der Waals surface area contributed by atoms with Crippen molar-refractivity contribution < 1.29 is 4.28 Å². The van der Waals surface area contributed by atoms with Crippen molar-refractivity contribution >= 4 is 22.1 Å². The third-order valence-electron chi connectivity index (χ3n) is 1.60. The van der Waals surface area contributed by atoms with Gasteiger partial charge in [-0.15, -0.1) is 4.89 Å². The van der Waals surface area contributed by atoms with Crippen LogP contribution in [0.4, 0.5) is 0 Å². The van der Waals surface area contributed by atoms with Crippen molar-refractivity contribution in [3.8, 4) is 0 Å². The third kappa shape index (κ3) is 1.37. The fourth-order valence-corrected chi connectivity index (χ4v) is 2.22. The molecule has 0 aromatic heterocycles. The lowest BCUT2D eigenvalue weighted by molar-refractivity contribution is 0.468. The van der Waals surface area contributed by atoms with Gasteiger partial charge in [0.15, 0.2) is 0 Å². The predicted octanol–water partition coefficient (Wildman–Crippen LogP) is 2.50. The van der Waals surface area contributed by atoms with Crippen LogP contribution in [0.1, 0.15) is 0 Å². The van der Waals surface area contributed by atoms with Gasteiger partial charge in [-0.2, -0.15) is 0 Å². The molecular weight excluding hydrogens is 182 g/mol. The molecule has 1 unspecified atom stereocenters. The van der Waals surface area contributed by atoms with Crippen molar-refractivity contribution in [1.82, 2.24) is 4.89 Å². The van der Waals surface area contributed by atoms with Crippen molar-refractivity contribution in [1.29, 1.82) is 0 Å². The molecule has 2 rings (SSSR count). The van der Waals surface area contributed by atoms with E-state index in [1.165, 1.54) is 4.90 Å². The lowest BCUT2D eigenvalue weighted by Gasteiger charge is -2.05. The minimum absolute atomic E-state index is 0.761. The maximum Gasteiger partial charge on any atom is 0.0406 e. The minimum atomic E-state index is -1.08. The molecule has 0 bridgehead atoms. The molecule has 1 atom stereocenters. The molecule has 1 N–H and O–H groups in total. The molecule has 1 saturated heterocycles. The molecular formula is C7H8ClNOS. The number of rotatable bonds is 1. The van der Waals surface area contributed by atoms with E-state index in [2.05, 4.69) is 11.1 Å². The highest BCUT2D eigenvalue weighted by molar-refractivity contribution is 8.31. The Bertz CT molecular complexity index is 270. The van der Waals surface area contributed by atoms with E-state index in [9.17, 15) is 0 Å². The highest BCUT2D eigenvalue weighted by Gasteiger charge is 2.35. The second-order valence-corrected chi connectivity index (χ2v) is 5.39. The highest BCUT2D eigenvalue weighted by Crippen LogP contribution is 2.60. The van der Waals surface area contributed by atoms with Crippen LogP contribution in [0.3, 0.4) is 0 Å². The lowest BCUT2D eigenvalue weighted by atomic mass is 10.4. The van der Waals surface area contributed by atoms with Gasteiger partial charge in [0.25, 0.3) is 0 Å². The Morgan fingerprint density at radius 3 is 2.36 bits per heavy atom. The maximum absolute atomic E-state index is 5.73. The van der Waals surface area contributed by atoms with Gasteiger partial charge in [0.1, 0.15) is 0 Å². The Balaban J connectivity index is 2.33. The zero-order valence-electron chi connectivity index (χ0n) is 6.00. The average molecular weight is 190 g/mol. The van der Waals surface area contributed by atoms with Gasteiger partial charge in [-0.1, -0.05) is 11.6 Å². The number of hydrogen-bond donors (Lipinski definition) is 1. The van der Waals surface area contributed by atoms with Crippen LogP contribution in [0.5, 0.6) is 0 Å². The lowest BCUT2D eigenvalue weighted by Crippen LogP contribution is -1.82. The average Bonchev–Trinajstić information content (AvgIpc) is 2.70. The van der Waals surface area contributed by atoms with E-state index in [-0.39, 0.29) is 0 Å². The van der Waals surface area contributed by atoms with Gasteiger partial charge in [-0.25, -0.2) is 4.28 Å². The summed E-state index contributed by atoms with van der Waals surface area (Å²) in [7, 11) is -1.08. The maximum atomic E-state index is 5.73. The quantitative estimate of drug-likeness (QED) is 0.689. The second-order valence-electron chi connectivity index (χ2n) is 2.46. The van der Waals surface area contributed by atoms with Crippen LogP contribution >= 0.6 is 22.1 Å². The van der Waals surface area contributed by atoms with Crippen molar-refractivity contribution in [3.05, 3.63) is 29.3 Å². The monoisotopic (exact) mass is 189 g/mol. The zero-order valence-corrected chi connectivity index (χ0v) is 7.58. The second kappa shape index (κ2) is 2.38. The molecule has 0 amide bonds. The minimum Gasteiger partial charge on any atom is -0.222 e. The molecule has 0 saturated carbocycles. The fourth-order valence-electron chi connectivity index (χ4n) is 0.842. The van der Waals surface area contributed by atoms with Gasteiger partial charge in [0.2, 0.25) is 0 Å². The SMILES string of the molecule is CS1(c2ccc(Cl)cc2)NO1. The van der Waals surface area contributed by atoms with Crippen LogP contribution in [0.15, 0.2) is 29.2 Å². The summed E-state index contributed by atoms with van der Waals surface area (Å²) in [4.78, 5) is 4.07. The van der Waals surface area contributed by atoms with Gasteiger partial charge < -0.3 is 0 Å². The molecule has 1 heterocycles. The molecule has 1 aliphatic heterocycles.